The van der Waals surface area contributed by atoms with Gasteiger partial charge in [0.25, 0.3) is 0 Å². The van der Waals surface area contributed by atoms with E-state index < -0.39 is 9.84 Å². The molecular formula is C13H18BrNO3S. The van der Waals surface area contributed by atoms with Crippen molar-refractivity contribution in [1.82, 2.24) is 5.32 Å². The Morgan fingerprint density at radius 3 is 2.84 bits per heavy atom. The average molecular weight is 348 g/mol. The molecule has 0 aliphatic carbocycles. The number of likely N-dealkylation sites (N-methyl/N-ethyl adjacent to an activating group) is 1. The van der Waals surface area contributed by atoms with E-state index >= 15 is 0 Å². The zero-order chi connectivity index (χ0) is 14.0. The molecule has 4 nitrogen and oxygen atoms in total. The minimum atomic E-state index is -2.99. The molecule has 0 amide bonds. The lowest BCUT2D eigenvalue weighted by atomic mass is 10.0. The minimum absolute atomic E-state index is 0.0994. The number of ether oxygens (including phenoxy) is 1. The summed E-state index contributed by atoms with van der Waals surface area (Å²) < 4.78 is 29.5. The second-order valence-electron chi connectivity index (χ2n) is 4.93. The van der Waals surface area contributed by atoms with Crippen LogP contribution in [0.3, 0.4) is 0 Å². The van der Waals surface area contributed by atoms with Gasteiger partial charge in [0.2, 0.25) is 0 Å². The largest absolute Gasteiger partial charge is 0.493 e. The van der Waals surface area contributed by atoms with Crippen LogP contribution in [0.4, 0.5) is 0 Å². The van der Waals surface area contributed by atoms with Crippen LogP contribution in [0.15, 0.2) is 16.6 Å². The normalized spacial score (nSPS) is 15.9. The third kappa shape index (κ3) is 3.94. The maximum Gasteiger partial charge on any atom is 0.148 e. The van der Waals surface area contributed by atoms with Crippen LogP contribution in [0, 0.1) is 0 Å². The van der Waals surface area contributed by atoms with Crippen LogP contribution in [0.25, 0.3) is 0 Å². The van der Waals surface area contributed by atoms with E-state index in [1.807, 2.05) is 6.07 Å². The topological polar surface area (TPSA) is 55.4 Å². The van der Waals surface area contributed by atoms with E-state index in [1.165, 1.54) is 11.8 Å². The van der Waals surface area contributed by atoms with Gasteiger partial charge in [-0.25, -0.2) is 8.42 Å². The molecule has 0 radical (unpaired) electrons. The fourth-order valence-corrected chi connectivity index (χ4v) is 3.94. The van der Waals surface area contributed by atoms with Crippen molar-refractivity contribution in [2.24, 2.45) is 0 Å². The van der Waals surface area contributed by atoms with Crippen molar-refractivity contribution in [2.45, 2.75) is 18.9 Å². The molecule has 1 N–H and O–H groups in total. The molecule has 0 bridgehead atoms. The smallest absolute Gasteiger partial charge is 0.148 e. The van der Waals surface area contributed by atoms with E-state index in [0.29, 0.717) is 13.0 Å². The van der Waals surface area contributed by atoms with Crippen LogP contribution in [-0.2, 0) is 22.7 Å². The monoisotopic (exact) mass is 347 g/mol. The van der Waals surface area contributed by atoms with Crippen molar-refractivity contribution in [1.29, 1.82) is 0 Å². The van der Waals surface area contributed by atoms with Crippen LogP contribution < -0.4 is 10.1 Å². The number of rotatable bonds is 5. The van der Waals surface area contributed by atoms with Gasteiger partial charge in [0, 0.05) is 23.2 Å². The maximum atomic E-state index is 11.4. The highest BCUT2D eigenvalue weighted by molar-refractivity contribution is 9.10. The Morgan fingerprint density at radius 1 is 1.47 bits per heavy atom. The van der Waals surface area contributed by atoms with E-state index in [1.54, 1.807) is 7.05 Å². The molecule has 0 spiro atoms. The lowest BCUT2D eigenvalue weighted by Gasteiger charge is -2.17. The molecule has 1 atom stereocenters. The fraction of sp³-hybridized carbons (Fsp3) is 0.538. The summed E-state index contributed by atoms with van der Waals surface area (Å²) in [5.74, 6) is 1.06. The molecule has 0 saturated heterocycles. The van der Waals surface area contributed by atoms with Crippen molar-refractivity contribution in [3.63, 3.8) is 0 Å². The summed E-state index contributed by atoms with van der Waals surface area (Å²) in [4.78, 5) is 0. The highest BCUT2D eigenvalue weighted by Gasteiger charge is 2.21. The summed E-state index contributed by atoms with van der Waals surface area (Å²) in [5, 5.41) is 3.07. The Bertz CT molecular complexity index is 571. The van der Waals surface area contributed by atoms with Crippen molar-refractivity contribution in [2.75, 3.05) is 25.7 Å². The molecule has 1 heterocycles. The molecule has 0 fully saturated rings. The number of nitrogens with one attached hydrogen (secondary N) is 1. The van der Waals surface area contributed by atoms with Gasteiger partial charge in [-0.1, -0.05) is 15.9 Å². The molecule has 106 valence electrons. The lowest BCUT2D eigenvalue weighted by molar-refractivity contribution is 0.352. The van der Waals surface area contributed by atoms with Gasteiger partial charge in [0.05, 0.1) is 12.4 Å². The van der Waals surface area contributed by atoms with Crippen molar-refractivity contribution in [3.05, 3.63) is 27.7 Å². The van der Waals surface area contributed by atoms with E-state index in [0.717, 1.165) is 22.2 Å². The molecule has 1 aliphatic rings. The molecule has 0 aromatic heterocycles. The molecule has 1 unspecified atom stereocenters. The Kier molecular flexibility index (Phi) is 4.53. The molecular weight excluding hydrogens is 330 g/mol. The number of hydrogen-bond donors (Lipinski definition) is 1. The quantitative estimate of drug-likeness (QED) is 0.878. The maximum absolute atomic E-state index is 11.4. The Labute approximate surface area is 122 Å². The van der Waals surface area contributed by atoms with E-state index in [4.69, 9.17) is 4.74 Å². The van der Waals surface area contributed by atoms with Gasteiger partial charge in [-0.05, 0) is 36.7 Å². The van der Waals surface area contributed by atoms with Crippen LogP contribution in [0.2, 0.25) is 0 Å². The third-order valence-corrected chi connectivity index (χ3v) is 4.67. The second kappa shape index (κ2) is 5.81. The molecule has 19 heavy (non-hydrogen) atoms. The van der Waals surface area contributed by atoms with Crippen LogP contribution in [-0.4, -0.2) is 40.1 Å². The van der Waals surface area contributed by atoms with E-state index in [2.05, 4.69) is 27.3 Å². The molecule has 1 aromatic carbocycles. The van der Waals surface area contributed by atoms with E-state index in [9.17, 15) is 8.42 Å². The predicted octanol–water partition coefficient (Wildman–Crippen LogP) is 1.56. The number of benzene rings is 1. The molecule has 1 aliphatic heterocycles. The van der Waals surface area contributed by atoms with Gasteiger partial charge < -0.3 is 10.1 Å². The number of fused-ring (bicyclic) bond motifs is 1. The van der Waals surface area contributed by atoms with Gasteiger partial charge >= 0.3 is 0 Å². The predicted molar refractivity (Wildman–Crippen MR) is 79.6 cm³/mol. The summed E-state index contributed by atoms with van der Waals surface area (Å²) in [6, 6.07) is 3.98. The van der Waals surface area contributed by atoms with Crippen LogP contribution in [0.5, 0.6) is 5.75 Å². The number of sulfone groups is 1. The number of halogens is 1. The minimum Gasteiger partial charge on any atom is -0.493 e. The summed E-state index contributed by atoms with van der Waals surface area (Å²) in [7, 11) is -1.21. The Morgan fingerprint density at radius 2 is 2.21 bits per heavy atom. The van der Waals surface area contributed by atoms with Crippen molar-refractivity contribution < 1.29 is 13.2 Å². The second-order valence-corrected chi connectivity index (χ2v) is 8.03. The van der Waals surface area contributed by atoms with Gasteiger partial charge in [-0.3, -0.25) is 0 Å². The SMILES string of the molecule is CNC(Cc1cc(Br)cc2c1OCC2)CS(C)(=O)=O. The standard InChI is InChI=1S/C13H18BrNO3S/c1-15-12(8-19(2,16)17)7-10-6-11(14)5-9-3-4-18-13(9)10/h5-6,12,15H,3-4,7-8H2,1-2H3. The summed E-state index contributed by atoms with van der Waals surface area (Å²) in [6.45, 7) is 0.703. The van der Waals surface area contributed by atoms with Gasteiger partial charge in [0.15, 0.2) is 0 Å². The van der Waals surface area contributed by atoms with Gasteiger partial charge in [0.1, 0.15) is 15.6 Å². The fourth-order valence-electron chi connectivity index (χ4n) is 2.37. The average Bonchev–Trinajstić information content (AvgIpc) is 2.74. The highest BCUT2D eigenvalue weighted by Crippen LogP contribution is 2.33. The first-order valence-electron chi connectivity index (χ1n) is 6.18. The molecule has 0 saturated carbocycles. The van der Waals surface area contributed by atoms with Gasteiger partial charge in [-0.15, -0.1) is 0 Å². The Balaban J connectivity index is 2.23. The summed E-state index contributed by atoms with van der Waals surface area (Å²) in [6.07, 6.45) is 2.82. The van der Waals surface area contributed by atoms with Crippen molar-refractivity contribution in [3.8, 4) is 5.75 Å². The highest BCUT2D eigenvalue weighted by atomic mass is 79.9. The summed E-state index contributed by atoms with van der Waals surface area (Å²) in [5.41, 5.74) is 2.25. The molecule has 2 rings (SSSR count). The zero-order valence-corrected chi connectivity index (χ0v) is 13.5. The van der Waals surface area contributed by atoms with Crippen molar-refractivity contribution >= 4 is 25.8 Å². The first-order valence-corrected chi connectivity index (χ1v) is 9.03. The third-order valence-electron chi connectivity index (χ3n) is 3.20. The van der Waals surface area contributed by atoms with Crippen LogP contribution in [0.1, 0.15) is 11.1 Å². The first kappa shape index (κ1) is 14.8. The van der Waals surface area contributed by atoms with Crippen LogP contribution >= 0.6 is 15.9 Å². The first-order chi connectivity index (χ1) is 8.89. The lowest BCUT2D eigenvalue weighted by Crippen LogP contribution is -2.34. The molecule has 1 aromatic rings. The van der Waals surface area contributed by atoms with Gasteiger partial charge in [-0.2, -0.15) is 0 Å². The molecule has 6 heteroatoms. The Hall–Kier alpha value is -0.590. The summed E-state index contributed by atoms with van der Waals surface area (Å²) >= 11 is 3.49. The van der Waals surface area contributed by atoms with E-state index in [-0.39, 0.29) is 11.8 Å². The number of hydrogen-bond acceptors (Lipinski definition) is 4. The zero-order valence-electron chi connectivity index (χ0n) is 11.1.